The number of allylic oxidation sites excluding steroid dienone is 1. The second kappa shape index (κ2) is 9.58. The Morgan fingerprint density at radius 1 is 1.11 bits per heavy atom. The summed E-state index contributed by atoms with van der Waals surface area (Å²) in [6.07, 6.45) is 0.659. The summed E-state index contributed by atoms with van der Waals surface area (Å²) in [4.78, 5) is 45.6. The van der Waals surface area contributed by atoms with Gasteiger partial charge in [-0.05, 0) is 62.6 Å². The van der Waals surface area contributed by atoms with Crippen LogP contribution in [0.4, 0.5) is 4.39 Å². The lowest BCUT2D eigenvalue weighted by Gasteiger charge is -2.26. The molecule has 0 spiro atoms. The van der Waals surface area contributed by atoms with Crippen LogP contribution in [0, 0.1) is 11.7 Å². The number of hydrogen-bond donors (Lipinski definition) is 2. The van der Waals surface area contributed by atoms with Crippen LogP contribution in [0.15, 0.2) is 64.8 Å². The molecule has 8 heteroatoms. The number of pyridine rings is 1. The third kappa shape index (κ3) is 5.01. The molecule has 35 heavy (non-hydrogen) atoms. The fourth-order valence-corrected chi connectivity index (χ4v) is 4.26. The van der Waals surface area contributed by atoms with Crippen molar-refractivity contribution in [2.45, 2.75) is 27.2 Å². The summed E-state index contributed by atoms with van der Waals surface area (Å²) in [5.74, 6) is -1.80. The molecule has 0 unspecified atom stereocenters. The van der Waals surface area contributed by atoms with Crippen LogP contribution in [-0.4, -0.2) is 34.8 Å². The zero-order chi connectivity index (χ0) is 25.3. The molecule has 3 N–H and O–H groups in total. The van der Waals surface area contributed by atoms with Crippen LogP contribution >= 0.6 is 0 Å². The molecule has 1 aromatic heterocycles. The number of dihydropyridines is 1. The average Bonchev–Trinajstić information content (AvgIpc) is 2.82. The first kappa shape index (κ1) is 23.9. The van der Waals surface area contributed by atoms with Crippen LogP contribution in [0.2, 0.25) is 0 Å². The van der Waals surface area contributed by atoms with Gasteiger partial charge in [-0.25, -0.2) is 9.37 Å². The number of primary amides is 1. The van der Waals surface area contributed by atoms with Crippen molar-refractivity contribution in [2.75, 3.05) is 6.54 Å². The molecular formula is C27H25FN4O3. The van der Waals surface area contributed by atoms with Crippen LogP contribution in [0.3, 0.4) is 0 Å². The zero-order valence-corrected chi connectivity index (χ0v) is 19.7. The Bertz CT molecular complexity index is 1440. The lowest BCUT2D eigenvalue weighted by molar-refractivity contribution is 0.0967. The molecule has 0 fully saturated rings. The number of aromatic nitrogens is 1. The summed E-state index contributed by atoms with van der Waals surface area (Å²) in [6.45, 7) is 5.86. The van der Waals surface area contributed by atoms with Crippen molar-refractivity contribution in [3.8, 4) is 0 Å². The Kier molecular flexibility index (Phi) is 6.55. The molecule has 1 aliphatic heterocycles. The molecule has 1 aliphatic rings. The molecule has 0 saturated carbocycles. The van der Waals surface area contributed by atoms with Crippen molar-refractivity contribution in [2.24, 2.45) is 16.6 Å². The normalized spacial score (nSPS) is 15.7. The first-order valence-electron chi connectivity index (χ1n) is 11.2. The van der Waals surface area contributed by atoms with E-state index >= 15 is 0 Å². The molecule has 3 aromatic rings. The highest BCUT2D eigenvalue weighted by molar-refractivity contribution is 6.12. The van der Waals surface area contributed by atoms with Gasteiger partial charge >= 0.3 is 0 Å². The van der Waals surface area contributed by atoms with E-state index in [1.165, 1.54) is 25.1 Å². The summed E-state index contributed by atoms with van der Waals surface area (Å²) in [5.41, 5.74) is 9.48. The van der Waals surface area contributed by atoms with Gasteiger partial charge in [0.05, 0.1) is 22.5 Å². The number of hydrogen-bond acceptors (Lipinski definition) is 5. The second-order valence-corrected chi connectivity index (χ2v) is 8.68. The van der Waals surface area contributed by atoms with Gasteiger partial charge in [0.2, 0.25) is 0 Å². The Labute approximate surface area is 202 Å². The lowest BCUT2D eigenvalue weighted by atomic mass is 9.88. The number of nitrogens with two attached hydrogens (primary N) is 1. The highest BCUT2D eigenvalue weighted by Gasteiger charge is 2.24. The SMILES string of the molecule is CC(=O)c1cccc(C[C@@H]2CN=C(C)C(NC(=O)c3cc(C(N)=O)nc4cc(F)ccc34)=C2C)c1. The zero-order valence-electron chi connectivity index (χ0n) is 19.7. The van der Waals surface area contributed by atoms with E-state index < -0.39 is 17.6 Å². The molecule has 1 atom stereocenters. The fraction of sp³-hybridized carbons (Fsp3) is 0.222. The topological polar surface area (TPSA) is 115 Å². The van der Waals surface area contributed by atoms with Crippen molar-refractivity contribution in [1.29, 1.82) is 0 Å². The van der Waals surface area contributed by atoms with E-state index in [-0.39, 0.29) is 28.5 Å². The van der Waals surface area contributed by atoms with E-state index in [4.69, 9.17) is 5.73 Å². The maximum Gasteiger partial charge on any atom is 0.267 e. The van der Waals surface area contributed by atoms with Gasteiger partial charge in [-0.3, -0.25) is 19.4 Å². The number of carbonyl (C=O) groups is 3. The number of aliphatic imine (C=N–C) groups is 1. The van der Waals surface area contributed by atoms with Crippen LogP contribution in [-0.2, 0) is 6.42 Å². The number of rotatable bonds is 6. The highest BCUT2D eigenvalue weighted by atomic mass is 19.1. The van der Waals surface area contributed by atoms with Crippen molar-refractivity contribution in [3.05, 3.63) is 88.0 Å². The lowest BCUT2D eigenvalue weighted by Crippen LogP contribution is -2.32. The number of ketones is 1. The Hall–Kier alpha value is -4.20. The first-order chi connectivity index (χ1) is 16.6. The second-order valence-electron chi connectivity index (χ2n) is 8.68. The smallest absolute Gasteiger partial charge is 0.267 e. The van der Waals surface area contributed by atoms with Crippen molar-refractivity contribution >= 4 is 34.2 Å². The Balaban J connectivity index is 1.67. The maximum atomic E-state index is 13.8. The van der Waals surface area contributed by atoms with Crippen LogP contribution in [0.25, 0.3) is 10.9 Å². The number of nitrogens with one attached hydrogen (secondary N) is 1. The van der Waals surface area contributed by atoms with Gasteiger partial charge < -0.3 is 11.1 Å². The molecule has 0 saturated heterocycles. The molecule has 7 nitrogen and oxygen atoms in total. The van der Waals surface area contributed by atoms with Crippen LogP contribution in [0.5, 0.6) is 0 Å². The minimum Gasteiger partial charge on any atom is -0.364 e. The van der Waals surface area contributed by atoms with Gasteiger partial charge in [0, 0.05) is 29.5 Å². The molecule has 178 valence electrons. The predicted octanol–water partition coefficient (Wildman–Crippen LogP) is 4.01. The van der Waals surface area contributed by atoms with E-state index in [2.05, 4.69) is 15.3 Å². The summed E-state index contributed by atoms with van der Waals surface area (Å²) in [5, 5.41) is 3.33. The fourth-order valence-electron chi connectivity index (χ4n) is 4.26. The molecule has 0 radical (unpaired) electrons. The number of nitrogens with zero attached hydrogens (tertiary/aromatic N) is 2. The van der Waals surface area contributed by atoms with E-state index in [1.54, 1.807) is 6.07 Å². The molecule has 2 aromatic carbocycles. The number of amides is 2. The molecular weight excluding hydrogens is 447 g/mol. The number of fused-ring (bicyclic) bond motifs is 1. The summed E-state index contributed by atoms with van der Waals surface area (Å²) >= 11 is 0. The van der Waals surface area contributed by atoms with E-state index in [1.807, 2.05) is 32.0 Å². The van der Waals surface area contributed by atoms with Gasteiger partial charge in [-0.1, -0.05) is 18.2 Å². The number of benzene rings is 2. The first-order valence-corrected chi connectivity index (χ1v) is 11.2. The van der Waals surface area contributed by atoms with Gasteiger partial charge in [0.15, 0.2) is 5.78 Å². The van der Waals surface area contributed by atoms with E-state index in [0.717, 1.165) is 17.2 Å². The van der Waals surface area contributed by atoms with Crippen molar-refractivity contribution in [1.82, 2.24) is 10.3 Å². The summed E-state index contributed by atoms with van der Waals surface area (Å²) in [7, 11) is 0. The van der Waals surface area contributed by atoms with Crippen molar-refractivity contribution in [3.63, 3.8) is 0 Å². The van der Waals surface area contributed by atoms with Crippen LogP contribution in [0.1, 0.15) is 57.5 Å². The molecule has 0 aliphatic carbocycles. The standard InChI is InChI=1S/C27H25FN4O3/c1-14-19(10-17-5-4-6-18(9-17)16(3)33)13-30-15(2)25(14)32-27(35)22-12-24(26(29)34)31-23-11-20(28)7-8-21(22)23/h4-9,11-12,19H,10,13H2,1-3H3,(H2,29,34)(H,32,35)/t19-/m1/s1. The van der Waals surface area contributed by atoms with Crippen molar-refractivity contribution < 1.29 is 18.8 Å². The van der Waals surface area contributed by atoms with Gasteiger partial charge in [-0.15, -0.1) is 0 Å². The van der Waals surface area contributed by atoms with E-state index in [0.29, 0.717) is 35.3 Å². The molecule has 0 bridgehead atoms. The number of carbonyl (C=O) groups excluding carboxylic acids is 3. The highest BCUT2D eigenvalue weighted by Crippen LogP contribution is 2.26. The van der Waals surface area contributed by atoms with Gasteiger partial charge in [-0.2, -0.15) is 0 Å². The third-order valence-corrected chi connectivity index (χ3v) is 6.24. The van der Waals surface area contributed by atoms with Gasteiger partial charge in [0.1, 0.15) is 11.5 Å². The molecule has 2 heterocycles. The summed E-state index contributed by atoms with van der Waals surface area (Å²) in [6, 6.07) is 12.6. The van der Waals surface area contributed by atoms with Gasteiger partial charge in [0.25, 0.3) is 11.8 Å². The minimum absolute atomic E-state index is 0.00404. The quantitative estimate of drug-likeness (QED) is 0.528. The molecule has 2 amide bonds. The van der Waals surface area contributed by atoms with E-state index in [9.17, 15) is 18.8 Å². The Morgan fingerprint density at radius 3 is 2.60 bits per heavy atom. The number of Topliss-reactive ketones (excluding diaryl/α,β-unsaturated/α-hetero) is 1. The minimum atomic E-state index is -0.816. The molecule has 4 rings (SSSR count). The third-order valence-electron chi connectivity index (χ3n) is 6.24. The summed E-state index contributed by atoms with van der Waals surface area (Å²) < 4.78 is 13.8. The monoisotopic (exact) mass is 472 g/mol. The number of halogens is 1. The predicted molar refractivity (Wildman–Crippen MR) is 132 cm³/mol. The Morgan fingerprint density at radius 2 is 1.89 bits per heavy atom. The maximum absolute atomic E-state index is 13.8. The average molecular weight is 473 g/mol. The van der Waals surface area contributed by atoms with Crippen LogP contribution < -0.4 is 11.1 Å². The largest absolute Gasteiger partial charge is 0.364 e.